The number of fused-ring (bicyclic) bond motifs is 1. The van der Waals surface area contributed by atoms with E-state index in [1.807, 2.05) is 18.2 Å². The molecule has 1 atom stereocenters. The Balaban J connectivity index is 1.88. The van der Waals surface area contributed by atoms with Crippen molar-refractivity contribution in [3.8, 4) is 11.6 Å². The van der Waals surface area contributed by atoms with Crippen LogP contribution < -0.4 is 4.74 Å². The van der Waals surface area contributed by atoms with E-state index in [0.717, 1.165) is 29.3 Å². The summed E-state index contributed by atoms with van der Waals surface area (Å²) in [6.45, 7) is 2.02. The van der Waals surface area contributed by atoms with E-state index in [9.17, 15) is 5.11 Å². The van der Waals surface area contributed by atoms with Gasteiger partial charge in [-0.3, -0.25) is 4.90 Å². The summed E-state index contributed by atoms with van der Waals surface area (Å²) in [4.78, 5) is 8.17. The van der Waals surface area contributed by atoms with Crippen molar-refractivity contribution in [2.24, 2.45) is 0 Å². The largest absolute Gasteiger partial charge is 0.496 e. The number of aromatic hydroxyl groups is 1. The molecule has 0 saturated carbocycles. The van der Waals surface area contributed by atoms with Crippen molar-refractivity contribution in [3.63, 3.8) is 0 Å². The van der Waals surface area contributed by atoms with Gasteiger partial charge in [0.25, 0.3) is 0 Å². The monoisotopic (exact) mass is 330 g/mol. The molecule has 120 valence electrons. The maximum absolute atomic E-state index is 10.6. The van der Waals surface area contributed by atoms with E-state index >= 15 is 0 Å². The zero-order valence-electron chi connectivity index (χ0n) is 12.8. The van der Waals surface area contributed by atoms with Crippen LogP contribution in [0.5, 0.6) is 11.6 Å². The Hall–Kier alpha value is -2.12. The fraction of sp³-hybridized carbons (Fsp3) is 0.375. The lowest BCUT2D eigenvalue weighted by Crippen LogP contribution is -2.26. The van der Waals surface area contributed by atoms with Crippen LogP contribution in [0, 0.1) is 0 Å². The minimum absolute atomic E-state index is 0.0397. The predicted octanol–water partition coefficient (Wildman–Crippen LogP) is 2.69. The highest BCUT2D eigenvalue weighted by Gasteiger charge is 2.32. The zero-order valence-corrected chi connectivity index (χ0v) is 13.7. The molecule has 0 bridgehead atoms. The van der Waals surface area contributed by atoms with E-state index in [-0.39, 0.29) is 11.9 Å². The highest BCUT2D eigenvalue weighted by Crippen LogP contribution is 2.43. The summed E-state index contributed by atoms with van der Waals surface area (Å²) in [7, 11) is 1.68. The number of likely N-dealkylation sites (tertiary alicyclic amines) is 1. The summed E-state index contributed by atoms with van der Waals surface area (Å²) in [5.41, 5.74) is 1.07. The van der Waals surface area contributed by atoms with Gasteiger partial charge in [0.15, 0.2) is 0 Å². The van der Waals surface area contributed by atoms with Crippen molar-refractivity contribution < 1.29 is 9.84 Å². The fourth-order valence-corrected chi connectivity index (χ4v) is 4.35. The normalized spacial score (nSPS) is 16.9. The van der Waals surface area contributed by atoms with Crippen LogP contribution in [0.25, 0.3) is 4.96 Å². The molecule has 6 nitrogen and oxygen atoms in total. The quantitative estimate of drug-likeness (QED) is 0.797. The van der Waals surface area contributed by atoms with E-state index in [4.69, 9.17) is 4.74 Å². The van der Waals surface area contributed by atoms with Crippen LogP contribution in [0.1, 0.15) is 29.3 Å². The molecule has 0 aliphatic carbocycles. The van der Waals surface area contributed by atoms with E-state index in [1.54, 1.807) is 7.11 Å². The first kappa shape index (κ1) is 14.5. The molecular formula is C16H18N4O2S. The minimum Gasteiger partial charge on any atom is -0.496 e. The molecule has 7 heteroatoms. The zero-order chi connectivity index (χ0) is 15.8. The van der Waals surface area contributed by atoms with E-state index in [1.165, 1.54) is 35.0 Å². The number of para-hydroxylation sites is 1. The Bertz CT molecular complexity index is 822. The van der Waals surface area contributed by atoms with Crippen molar-refractivity contribution in [2.45, 2.75) is 18.9 Å². The Morgan fingerprint density at radius 3 is 2.78 bits per heavy atom. The molecule has 3 heterocycles. The molecule has 23 heavy (non-hydrogen) atoms. The number of benzene rings is 1. The second kappa shape index (κ2) is 5.82. The number of rotatable bonds is 4. The van der Waals surface area contributed by atoms with Crippen molar-refractivity contribution in [3.05, 3.63) is 41.0 Å². The average Bonchev–Trinajstić information content (AvgIpc) is 3.30. The van der Waals surface area contributed by atoms with Crippen molar-refractivity contribution >= 4 is 16.3 Å². The molecule has 2 aromatic heterocycles. The molecule has 1 unspecified atom stereocenters. The molecule has 1 aliphatic rings. The highest BCUT2D eigenvalue weighted by molar-refractivity contribution is 7.17. The number of methoxy groups -OCH3 is 1. The lowest BCUT2D eigenvalue weighted by atomic mass is 10.0. The van der Waals surface area contributed by atoms with Gasteiger partial charge in [-0.2, -0.15) is 9.61 Å². The maximum Gasteiger partial charge on any atom is 0.230 e. The van der Waals surface area contributed by atoms with Crippen LogP contribution in [0.4, 0.5) is 0 Å². The summed E-state index contributed by atoms with van der Waals surface area (Å²) < 4.78 is 7.06. The first-order chi connectivity index (χ1) is 11.3. The molecule has 3 aromatic rings. The second-order valence-electron chi connectivity index (χ2n) is 5.63. The molecule has 0 amide bonds. The smallest absolute Gasteiger partial charge is 0.230 e. The number of hydrogen-bond donors (Lipinski definition) is 1. The van der Waals surface area contributed by atoms with Gasteiger partial charge in [0.1, 0.15) is 12.1 Å². The van der Waals surface area contributed by atoms with Crippen LogP contribution in [-0.2, 0) is 0 Å². The van der Waals surface area contributed by atoms with Gasteiger partial charge in [0, 0.05) is 5.56 Å². The third kappa shape index (κ3) is 2.36. The van der Waals surface area contributed by atoms with Gasteiger partial charge in [-0.05, 0) is 32.0 Å². The first-order valence-electron chi connectivity index (χ1n) is 7.68. The maximum atomic E-state index is 10.6. The average molecular weight is 330 g/mol. The molecule has 1 aliphatic heterocycles. The van der Waals surface area contributed by atoms with E-state index in [0.29, 0.717) is 4.96 Å². The van der Waals surface area contributed by atoms with Crippen LogP contribution in [0.2, 0.25) is 0 Å². The van der Waals surface area contributed by atoms with E-state index in [2.05, 4.69) is 21.0 Å². The Morgan fingerprint density at radius 2 is 2.04 bits per heavy atom. The molecule has 1 saturated heterocycles. The lowest BCUT2D eigenvalue weighted by Gasteiger charge is -2.28. The number of nitrogens with zero attached hydrogens (tertiary/aromatic N) is 4. The molecule has 0 spiro atoms. The van der Waals surface area contributed by atoms with Gasteiger partial charge >= 0.3 is 0 Å². The lowest BCUT2D eigenvalue weighted by molar-refractivity contribution is 0.270. The summed E-state index contributed by atoms with van der Waals surface area (Å²) in [6, 6.07) is 7.96. The van der Waals surface area contributed by atoms with Crippen molar-refractivity contribution in [2.75, 3.05) is 20.2 Å². The third-order valence-corrected chi connectivity index (χ3v) is 5.41. The van der Waals surface area contributed by atoms with Gasteiger partial charge < -0.3 is 9.84 Å². The van der Waals surface area contributed by atoms with Crippen LogP contribution in [-0.4, -0.2) is 44.8 Å². The van der Waals surface area contributed by atoms with Gasteiger partial charge in [-0.15, -0.1) is 0 Å². The molecule has 0 radical (unpaired) electrons. The summed E-state index contributed by atoms with van der Waals surface area (Å²) in [5, 5.41) is 14.7. The molecule has 1 fully saturated rings. The summed E-state index contributed by atoms with van der Waals surface area (Å²) in [6.07, 6.45) is 3.81. The molecule has 1 N–H and O–H groups in total. The van der Waals surface area contributed by atoms with Crippen LogP contribution in [0.3, 0.4) is 0 Å². The first-order valence-corrected chi connectivity index (χ1v) is 8.49. The predicted molar refractivity (Wildman–Crippen MR) is 88.2 cm³/mol. The highest BCUT2D eigenvalue weighted by atomic mass is 32.1. The second-order valence-corrected chi connectivity index (χ2v) is 6.64. The molecule has 4 rings (SSSR count). The number of thiazole rings is 1. The minimum atomic E-state index is -0.0397. The van der Waals surface area contributed by atoms with E-state index < -0.39 is 0 Å². The number of ether oxygens (including phenoxy) is 1. The van der Waals surface area contributed by atoms with Crippen LogP contribution >= 0.6 is 11.3 Å². The molecular weight excluding hydrogens is 312 g/mol. The molecule has 1 aromatic carbocycles. The van der Waals surface area contributed by atoms with Crippen LogP contribution in [0.15, 0.2) is 30.6 Å². The SMILES string of the molecule is COc1ccccc1C(c1sc2ncnn2c1O)N1CCCC1. The van der Waals surface area contributed by atoms with Crippen molar-refractivity contribution in [1.82, 2.24) is 19.5 Å². The van der Waals surface area contributed by atoms with Gasteiger partial charge in [0.05, 0.1) is 18.0 Å². The Morgan fingerprint density at radius 1 is 1.26 bits per heavy atom. The third-order valence-electron chi connectivity index (χ3n) is 4.33. The Kier molecular flexibility index (Phi) is 3.66. The summed E-state index contributed by atoms with van der Waals surface area (Å²) >= 11 is 1.48. The standard InChI is InChI=1S/C16H18N4O2S/c1-22-12-7-3-2-6-11(12)13(19-8-4-5-9-19)14-15(21)20-16(23-14)17-10-18-20/h2-3,6-7,10,13,21H,4-5,8-9H2,1H3. The fourth-order valence-electron chi connectivity index (χ4n) is 3.27. The van der Waals surface area contributed by atoms with Gasteiger partial charge in [-0.1, -0.05) is 29.5 Å². The topological polar surface area (TPSA) is 62.9 Å². The summed E-state index contributed by atoms with van der Waals surface area (Å²) in [5.74, 6) is 1.01. The van der Waals surface area contributed by atoms with Crippen molar-refractivity contribution in [1.29, 1.82) is 0 Å². The van der Waals surface area contributed by atoms with Gasteiger partial charge in [-0.25, -0.2) is 4.98 Å². The number of aromatic nitrogens is 3. The van der Waals surface area contributed by atoms with Gasteiger partial charge in [0.2, 0.25) is 10.8 Å². The number of hydrogen-bond acceptors (Lipinski definition) is 6. The Labute approximate surface area is 138 Å².